The highest BCUT2D eigenvalue weighted by atomic mass is 16.6. The van der Waals surface area contributed by atoms with E-state index in [0.29, 0.717) is 31.2 Å². The molecule has 1 N–H and O–H groups in total. The zero-order chi connectivity index (χ0) is 19.4. The molecular weight excluding hydrogens is 344 g/mol. The van der Waals surface area contributed by atoms with Gasteiger partial charge in [0.2, 0.25) is 0 Å². The van der Waals surface area contributed by atoms with Crippen molar-refractivity contribution in [3.63, 3.8) is 0 Å². The summed E-state index contributed by atoms with van der Waals surface area (Å²) in [6.07, 6.45) is 2.17. The molecule has 3 atom stereocenters. The van der Waals surface area contributed by atoms with E-state index >= 15 is 0 Å². The third-order valence-corrected chi connectivity index (χ3v) is 6.39. The summed E-state index contributed by atoms with van der Waals surface area (Å²) in [6, 6.07) is 1.18. The minimum absolute atomic E-state index is 0.231. The van der Waals surface area contributed by atoms with Crippen LogP contribution in [0.25, 0.3) is 0 Å². The number of phenolic OH excluding ortho intramolecular Hbond substituents is 1. The van der Waals surface area contributed by atoms with Gasteiger partial charge in [0.1, 0.15) is 0 Å². The van der Waals surface area contributed by atoms with Gasteiger partial charge in [-0.3, -0.25) is 20.2 Å². The van der Waals surface area contributed by atoms with Gasteiger partial charge in [0, 0.05) is 28.4 Å². The van der Waals surface area contributed by atoms with Crippen LogP contribution in [0.4, 0.5) is 11.4 Å². The molecule has 2 aliphatic carbocycles. The molecule has 0 bridgehead atoms. The molecule has 3 unspecified atom stereocenters. The molecule has 1 saturated carbocycles. The van der Waals surface area contributed by atoms with Crippen molar-refractivity contribution in [3.05, 3.63) is 37.4 Å². The maximum atomic E-state index is 11.8. The van der Waals surface area contributed by atoms with E-state index < -0.39 is 49.7 Å². The fourth-order valence-corrected chi connectivity index (χ4v) is 5.20. The molecule has 1 fully saturated rings. The number of carbonyl (C=O) groups is 1. The minimum Gasteiger partial charge on any atom is -0.550 e. The predicted molar refractivity (Wildman–Crippen MR) is 87.5 cm³/mol. The van der Waals surface area contributed by atoms with Gasteiger partial charge < -0.3 is 15.0 Å². The summed E-state index contributed by atoms with van der Waals surface area (Å²) < 4.78 is 0. The van der Waals surface area contributed by atoms with Crippen molar-refractivity contribution in [2.24, 2.45) is 11.3 Å². The lowest BCUT2D eigenvalue weighted by atomic mass is 9.49. The molecule has 0 saturated heterocycles. The first-order valence-electron chi connectivity index (χ1n) is 8.43. The number of benzene rings is 1. The molecule has 0 aromatic heterocycles. The van der Waals surface area contributed by atoms with Gasteiger partial charge in [-0.25, -0.2) is 0 Å². The summed E-state index contributed by atoms with van der Waals surface area (Å²) >= 11 is 0. The van der Waals surface area contributed by atoms with E-state index in [2.05, 4.69) is 0 Å². The topological polar surface area (TPSA) is 147 Å². The summed E-state index contributed by atoms with van der Waals surface area (Å²) in [6.45, 7) is 3.36. The van der Waals surface area contributed by atoms with Crippen LogP contribution in [0.15, 0.2) is 6.07 Å². The number of carbonyl (C=O) groups excluding carboxylic acids is 1. The zero-order valence-electron chi connectivity index (χ0n) is 14.5. The van der Waals surface area contributed by atoms with Gasteiger partial charge in [0.05, 0.1) is 9.85 Å². The van der Waals surface area contributed by atoms with E-state index in [4.69, 9.17) is 0 Å². The Hall–Kier alpha value is -2.71. The molecule has 3 rings (SSSR count). The number of hydrogen-bond donors (Lipinski definition) is 1. The number of carboxylic acid groups (broad SMARTS) is 1. The van der Waals surface area contributed by atoms with E-state index in [0.717, 1.165) is 0 Å². The number of rotatable bonds is 3. The molecule has 26 heavy (non-hydrogen) atoms. The molecule has 0 heterocycles. The predicted octanol–water partition coefficient (Wildman–Crippen LogP) is 1.97. The number of phenols is 1. The Kier molecular flexibility index (Phi) is 3.93. The highest BCUT2D eigenvalue weighted by molar-refractivity contribution is 5.75. The Morgan fingerprint density at radius 3 is 2.42 bits per heavy atom. The van der Waals surface area contributed by atoms with E-state index in [-0.39, 0.29) is 12.0 Å². The van der Waals surface area contributed by atoms with Gasteiger partial charge in [-0.2, -0.15) is 0 Å². The summed E-state index contributed by atoms with van der Waals surface area (Å²) in [5.41, 5.74) is -2.73. The molecule has 1 aromatic rings. The number of aryl methyl sites for hydroxylation is 1. The van der Waals surface area contributed by atoms with E-state index in [1.165, 1.54) is 6.07 Å². The number of aromatic hydroxyl groups is 1. The van der Waals surface area contributed by atoms with Crippen LogP contribution < -0.4 is 5.11 Å². The van der Waals surface area contributed by atoms with Crippen molar-refractivity contribution >= 4 is 17.3 Å². The lowest BCUT2D eigenvalue weighted by Gasteiger charge is -2.55. The summed E-state index contributed by atoms with van der Waals surface area (Å²) in [5.74, 6) is -2.58. The van der Waals surface area contributed by atoms with Gasteiger partial charge in [-0.15, -0.1) is 0 Å². The maximum Gasteiger partial charge on any atom is 0.322 e. The molecule has 0 spiro atoms. The average molecular weight is 363 g/mol. The van der Waals surface area contributed by atoms with E-state index in [1.807, 2.05) is 0 Å². The second kappa shape index (κ2) is 5.65. The second-order valence-corrected chi connectivity index (χ2v) is 7.71. The molecule has 1 aromatic carbocycles. The fourth-order valence-electron chi connectivity index (χ4n) is 5.20. The number of nitro benzene ring substituents is 2. The SMILES string of the molecule is CC1(C(=O)[O-])CCCC2(C)c3c(cc([N+](=O)[O-])c(O)c3[N+](=O)[O-])CCC12. The highest BCUT2D eigenvalue weighted by Gasteiger charge is 2.55. The number of aliphatic carboxylic acids is 1. The van der Waals surface area contributed by atoms with Crippen LogP contribution in [0.3, 0.4) is 0 Å². The first-order chi connectivity index (χ1) is 12.0. The van der Waals surface area contributed by atoms with Crippen LogP contribution in [0.5, 0.6) is 5.75 Å². The Labute approximate surface area is 148 Å². The van der Waals surface area contributed by atoms with Gasteiger partial charge in [-0.05, 0) is 37.2 Å². The Balaban J connectivity index is 2.31. The smallest absolute Gasteiger partial charge is 0.322 e. The van der Waals surface area contributed by atoms with E-state index in [9.17, 15) is 35.2 Å². The zero-order valence-corrected chi connectivity index (χ0v) is 14.5. The number of nitrogens with zero attached hydrogens (tertiary/aromatic N) is 2. The number of fused-ring (bicyclic) bond motifs is 3. The molecule has 9 nitrogen and oxygen atoms in total. The van der Waals surface area contributed by atoms with E-state index in [1.54, 1.807) is 13.8 Å². The number of hydrogen-bond acceptors (Lipinski definition) is 7. The molecule has 0 amide bonds. The lowest BCUT2D eigenvalue weighted by molar-refractivity contribution is -0.397. The Morgan fingerprint density at radius 1 is 1.23 bits per heavy atom. The molecule has 140 valence electrons. The lowest BCUT2D eigenvalue weighted by Crippen LogP contribution is -2.56. The maximum absolute atomic E-state index is 11.8. The monoisotopic (exact) mass is 363 g/mol. The van der Waals surface area contributed by atoms with Gasteiger partial charge in [0.15, 0.2) is 0 Å². The number of carboxylic acids is 1. The van der Waals surface area contributed by atoms with Gasteiger partial charge in [0.25, 0.3) is 5.75 Å². The Bertz CT molecular complexity index is 837. The number of nitro groups is 2. The van der Waals surface area contributed by atoms with Crippen molar-refractivity contribution in [2.45, 2.75) is 51.4 Å². The summed E-state index contributed by atoms with van der Waals surface area (Å²) in [4.78, 5) is 33.0. The first-order valence-corrected chi connectivity index (χ1v) is 8.43. The van der Waals surface area contributed by atoms with Crippen molar-refractivity contribution < 1.29 is 24.9 Å². The average Bonchev–Trinajstić information content (AvgIpc) is 2.53. The van der Waals surface area contributed by atoms with Gasteiger partial charge >= 0.3 is 11.4 Å². The van der Waals surface area contributed by atoms with Crippen LogP contribution in [0.2, 0.25) is 0 Å². The van der Waals surface area contributed by atoms with Crippen LogP contribution in [-0.2, 0) is 16.6 Å². The summed E-state index contributed by atoms with van der Waals surface area (Å²) in [5, 5.41) is 44.9. The summed E-state index contributed by atoms with van der Waals surface area (Å²) in [7, 11) is 0. The third kappa shape index (κ3) is 2.26. The van der Waals surface area contributed by atoms with Crippen LogP contribution in [0, 0.1) is 31.6 Å². The third-order valence-electron chi connectivity index (χ3n) is 6.39. The molecule has 0 radical (unpaired) electrons. The van der Waals surface area contributed by atoms with Crippen molar-refractivity contribution in [2.75, 3.05) is 0 Å². The largest absolute Gasteiger partial charge is 0.550 e. The second-order valence-electron chi connectivity index (χ2n) is 7.71. The molecule has 9 heteroatoms. The van der Waals surface area contributed by atoms with Crippen LogP contribution >= 0.6 is 0 Å². The van der Waals surface area contributed by atoms with Crippen molar-refractivity contribution in [1.82, 2.24) is 0 Å². The quantitative estimate of drug-likeness (QED) is 0.637. The standard InChI is InChI=1S/C17H20N2O7/c1-16-6-3-7-17(2,15(21)22)11(16)5-4-9-8-10(18(23)24)14(20)13(12(9)16)19(25)26/h8,11,20H,3-7H2,1-2H3,(H,21,22)/p-1. The van der Waals surface area contributed by atoms with Crippen molar-refractivity contribution in [3.8, 4) is 5.75 Å². The normalized spacial score (nSPS) is 30.2. The highest BCUT2D eigenvalue weighted by Crippen LogP contribution is 2.60. The van der Waals surface area contributed by atoms with Crippen molar-refractivity contribution in [1.29, 1.82) is 0 Å². The molecule has 0 aliphatic heterocycles. The Morgan fingerprint density at radius 2 is 1.88 bits per heavy atom. The minimum atomic E-state index is -1.19. The van der Waals surface area contributed by atoms with Crippen LogP contribution in [0.1, 0.15) is 50.7 Å². The first kappa shape index (κ1) is 18.1. The molecular formula is C17H19N2O7-. The van der Waals surface area contributed by atoms with Gasteiger partial charge in [-0.1, -0.05) is 20.3 Å². The fraction of sp³-hybridized carbons (Fsp3) is 0.588. The molecule has 2 aliphatic rings. The van der Waals surface area contributed by atoms with Crippen LogP contribution in [-0.4, -0.2) is 20.9 Å².